The van der Waals surface area contributed by atoms with E-state index in [4.69, 9.17) is 14.3 Å². The molecule has 0 spiro atoms. The molecule has 1 aromatic heterocycles. The van der Waals surface area contributed by atoms with Crippen LogP contribution in [0.5, 0.6) is 5.75 Å². The number of rotatable bonds is 4. The van der Waals surface area contributed by atoms with Gasteiger partial charge in [0, 0.05) is 16.4 Å². The number of carbonyl (C=O) groups excluding carboxylic acids is 1. The maximum Gasteiger partial charge on any atom is 0.197 e. The molecule has 0 fully saturated rings. The predicted octanol–water partition coefficient (Wildman–Crippen LogP) is 3.04. The number of aliphatic hydroxyl groups excluding tert-OH is 2. The van der Waals surface area contributed by atoms with Gasteiger partial charge in [0.2, 0.25) is 0 Å². The average molecular weight is 352 g/mol. The molecule has 0 aliphatic heterocycles. The monoisotopic (exact) mass is 352 g/mol. The molecule has 5 nitrogen and oxygen atoms in total. The highest BCUT2D eigenvalue weighted by molar-refractivity contribution is 6.19. The average Bonchev–Trinajstić information content (AvgIpc) is 3.05. The van der Waals surface area contributed by atoms with Crippen LogP contribution < -0.4 is 4.74 Å². The summed E-state index contributed by atoms with van der Waals surface area (Å²) in [4.78, 5) is 13.1. The van der Waals surface area contributed by atoms with Crippen molar-refractivity contribution in [2.24, 2.45) is 0 Å². The molecule has 1 atom stereocenters. The highest BCUT2D eigenvalue weighted by Crippen LogP contribution is 2.46. The van der Waals surface area contributed by atoms with E-state index in [1.807, 2.05) is 44.2 Å². The van der Waals surface area contributed by atoms with Crippen LogP contribution in [-0.4, -0.2) is 35.3 Å². The molecule has 1 aliphatic carbocycles. The maximum absolute atomic E-state index is 13.1. The highest BCUT2D eigenvalue weighted by atomic mass is 16.5. The number of para-hydroxylation sites is 1. The van der Waals surface area contributed by atoms with Gasteiger partial charge in [-0.3, -0.25) is 4.79 Å². The van der Waals surface area contributed by atoms with Crippen LogP contribution in [-0.2, 0) is 5.41 Å². The van der Waals surface area contributed by atoms with Crippen LogP contribution in [0.2, 0.25) is 0 Å². The first-order valence-electron chi connectivity index (χ1n) is 8.56. The Morgan fingerprint density at radius 2 is 1.96 bits per heavy atom. The standard InChI is InChI=1S/C21H20O5/c1-21(2)16-9-13(25-11-12(23)10-22)7-8-14(16)19(24)18-15-5-3-4-6-17(15)26-20(18)21/h3-9,12,22-23H,10-11H2,1-2H3. The van der Waals surface area contributed by atoms with Gasteiger partial charge in [0.1, 0.15) is 29.8 Å². The Labute approximate surface area is 150 Å². The minimum atomic E-state index is -0.942. The summed E-state index contributed by atoms with van der Waals surface area (Å²) in [6, 6.07) is 12.8. The summed E-state index contributed by atoms with van der Waals surface area (Å²) >= 11 is 0. The number of hydrogen-bond acceptors (Lipinski definition) is 5. The summed E-state index contributed by atoms with van der Waals surface area (Å²) in [5.41, 5.74) is 2.28. The van der Waals surface area contributed by atoms with Crippen LogP contribution in [0.1, 0.15) is 41.1 Å². The van der Waals surface area contributed by atoms with E-state index >= 15 is 0 Å². The number of ketones is 1. The topological polar surface area (TPSA) is 79.9 Å². The molecule has 0 saturated carbocycles. The van der Waals surface area contributed by atoms with Crippen molar-refractivity contribution in [3.8, 4) is 5.75 Å². The second-order valence-corrected chi connectivity index (χ2v) is 7.11. The fourth-order valence-corrected chi connectivity index (χ4v) is 3.54. The molecule has 3 aromatic rings. The van der Waals surface area contributed by atoms with Crippen LogP contribution in [0, 0.1) is 0 Å². The Hall–Kier alpha value is -2.63. The maximum atomic E-state index is 13.1. The van der Waals surface area contributed by atoms with Gasteiger partial charge in [-0.15, -0.1) is 0 Å². The Morgan fingerprint density at radius 3 is 2.73 bits per heavy atom. The van der Waals surface area contributed by atoms with E-state index in [0.717, 1.165) is 10.9 Å². The number of furan rings is 1. The van der Waals surface area contributed by atoms with Crippen LogP contribution in [0.3, 0.4) is 0 Å². The first-order valence-corrected chi connectivity index (χ1v) is 8.56. The minimum Gasteiger partial charge on any atom is -0.491 e. The molecule has 0 saturated heterocycles. The van der Waals surface area contributed by atoms with Gasteiger partial charge in [-0.05, 0) is 43.7 Å². The lowest BCUT2D eigenvalue weighted by Crippen LogP contribution is -2.29. The molecule has 5 heteroatoms. The van der Waals surface area contributed by atoms with Gasteiger partial charge in [-0.1, -0.05) is 18.2 Å². The molecule has 2 N–H and O–H groups in total. The van der Waals surface area contributed by atoms with Gasteiger partial charge >= 0.3 is 0 Å². The molecule has 0 bridgehead atoms. The third kappa shape index (κ3) is 2.43. The summed E-state index contributed by atoms with van der Waals surface area (Å²) < 4.78 is 11.6. The molecule has 4 rings (SSSR count). The van der Waals surface area contributed by atoms with Crippen molar-refractivity contribution < 1.29 is 24.2 Å². The van der Waals surface area contributed by atoms with Gasteiger partial charge in [0.05, 0.1) is 12.2 Å². The number of benzene rings is 2. The molecule has 1 aliphatic rings. The second-order valence-electron chi connectivity index (χ2n) is 7.11. The van der Waals surface area contributed by atoms with E-state index in [9.17, 15) is 9.90 Å². The zero-order chi connectivity index (χ0) is 18.5. The predicted molar refractivity (Wildman–Crippen MR) is 96.8 cm³/mol. The number of aliphatic hydroxyl groups is 2. The third-order valence-corrected chi connectivity index (χ3v) is 4.95. The van der Waals surface area contributed by atoms with Crippen molar-refractivity contribution in [1.82, 2.24) is 0 Å². The van der Waals surface area contributed by atoms with E-state index in [2.05, 4.69) is 0 Å². The van der Waals surface area contributed by atoms with E-state index in [0.29, 0.717) is 28.2 Å². The van der Waals surface area contributed by atoms with Gasteiger partial charge in [-0.25, -0.2) is 0 Å². The van der Waals surface area contributed by atoms with E-state index in [1.165, 1.54) is 0 Å². The van der Waals surface area contributed by atoms with Crippen molar-refractivity contribution >= 4 is 16.8 Å². The minimum absolute atomic E-state index is 0.0143. The summed E-state index contributed by atoms with van der Waals surface area (Å²) in [5.74, 6) is 1.14. The quantitative estimate of drug-likeness (QED) is 0.754. The SMILES string of the molecule is CC1(C)c2cc(OCC(O)CO)ccc2C(=O)c2c1oc1ccccc21. The Bertz CT molecular complexity index is 999. The number of hydrogen-bond donors (Lipinski definition) is 2. The van der Waals surface area contributed by atoms with Gasteiger partial charge < -0.3 is 19.4 Å². The van der Waals surface area contributed by atoms with E-state index < -0.39 is 11.5 Å². The van der Waals surface area contributed by atoms with E-state index in [1.54, 1.807) is 12.1 Å². The van der Waals surface area contributed by atoms with Crippen molar-refractivity contribution in [2.75, 3.05) is 13.2 Å². The lowest BCUT2D eigenvalue weighted by molar-refractivity contribution is 0.0535. The molecule has 2 aromatic carbocycles. The lowest BCUT2D eigenvalue weighted by Gasteiger charge is -2.31. The van der Waals surface area contributed by atoms with Crippen LogP contribution >= 0.6 is 0 Å². The summed E-state index contributed by atoms with van der Waals surface area (Å²) in [6.07, 6.45) is -0.942. The fourth-order valence-electron chi connectivity index (χ4n) is 3.54. The van der Waals surface area contributed by atoms with Crippen molar-refractivity contribution in [3.05, 3.63) is 64.9 Å². The normalized spacial score (nSPS) is 16.2. The first kappa shape index (κ1) is 16.8. The van der Waals surface area contributed by atoms with E-state index in [-0.39, 0.29) is 19.0 Å². The van der Waals surface area contributed by atoms with Gasteiger partial charge in [0.25, 0.3) is 0 Å². The summed E-state index contributed by atoms with van der Waals surface area (Å²) in [6.45, 7) is 3.66. The number of ether oxygens (including phenoxy) is 1. The zero-order valence-electron chi connectivity index (χ0n) is 14.7. The summed E-state index contributed by atoms with van der Waals surface area (Å²) in [5, 5.41) is 19.2. The molecule has 1 heterocycles. The summed E-state index contributed by atoms with van der Waals surface area (Å²) in [7, 11) is 0. The largest absolute Gasteiger partial charge is 0.491 e. The van der Waals surface area contributed by atoms with Crippen LogP contribution in [0.4, 0.5) is 0 Å². The third-order valence-electron chi connectivity index (χ3n) is 4.95. The smallest absolute Gasteiger partial charge is 0.197 e. The van der Waals surface area contributed by atoms with Crippen LogP contribution in [0.25, 0.3) is 11.0 Å². The molecule has 1 unspecified atom stereocenters. The van der Waals surface area contributed by atoms with Crippen LogP contribution in [0.15, 0.2) is 46.9 Å². The first-order chi connectivity index (χ1) is 12.4. The molecular weight excluding hydrogens is 332 g/mol. The molecular formula is C21H20O5. The van der Waals surface area contributed by atoms with Crippen molar-refractivity contribution in [2.45, 2.75) is 25.4 Å². The number of fused-ring (bicyclic) bond motifs is 4. The molecule has 134 valence electrons. The number of carbonyl (C=O) groups is 1. The Balaban J connectivity index is 1.82. The van der Waals surface area contributed by atoms with Gasteiger partial charge in [0.15, 0.2) is 5.78 Å². The Morgan fingerprint density at radius 1 is 1.19 bits per heavy atom. The van der Waals surface area contributed by atoms with Gasteiger partial charge in [-0.2, -0.15) is 0 Å². The highest BCUT2D eigenvalue weighted by Gasteiger charge is 2.41. The second kappa shape index (κ2) is 5.97. The lowest BCUT2D eigenvalue weighted by atomic mass is 9.72. The van der Waals surface area contributed by atoms with Crippen molar-refractivity contribution in [1.29, 1.82) is 0 Å². The fraction of sp³-hybridized carbons (Fsp3) is 0.286. The molecule has 0 radical (unpaired) electrons. The molecule has 26 heavy (non-hydrogen) atoms. The zero-order valence-corrected chi connectivity index (χ0v) is 14.7. The van der Waals surface area contributed by atoms with Crippen molar-refractivity contribution in [3.63, 3.8) is 0 Å². The molecule has 0 amide bonds. The Kier molecular flexibility index (Phi) is 3.86.